The first kappa shape index (κ1) is 14.6. The molecule has 3 rings (SSSR count). The van der Waals surface area contributed by atoms with Crippen molar-refractivity contribution in [1.82, 2.24) is 10.3 Å². The number of nitrogens with one attached hydrogen (secondary N) is 2. The van der Waals surface area contributed by atoms with Crippen LogP contribution in [0.1, 0.15) is 12.0 Å². The van der Waals surface area contributed by atoms with Crippen LogP contribution in [0.2, 0.25) is 0 Å². The van der Waals surface area contributed by atoms with Gasteiger partial charge in [-0.1, -0.05) is 18.2 Å². The van der Waals surface area contributed by atoms with Gasteiger partial charge >= 0.3 is 5.97 Å². The van der Waals surface area contributed by atoms with Crippen molar-refractivity contribution in [2.45, 2.75) is 18.9 Å². The largest absolute Gasteiger partial charge is 0.480 e. The van der Waals surface area contributed by atoms with E-state index in [2.05, 4.69) is 10.3 Å². The monoisotopic (exact) mass is 302 g/mol. The second kappa shape index (κ2) is 6.19. The number of benzene rings is 1. The van der Waals surface area contributed by atoms with Crippen molar-refractivity contribution in [1.29, 1.82) is 0 Å². The van der Waals surface area contributed by atoms with Crippen molar-refractivity contribution in [3.05, 3.63) is 36.0 Å². The Bertz CT molecular complexity index is 688. The Morgan fingerprint density at radius 2 is 2.23 bits per heavy atom. The van der Waals surface area contributed by atoms with Gasteiger partial charge in [0.15, 0.2) is 0 Å². The number of aromatic nitrogens is 1. The summed E-state index contributed by atoms with van der Waals surface area (Å²) in [4.78, 5) is 26.7. The maximum Gasteiger partial charge on any atom is 0.326 e. The highest BCUT2D eigenvalue weighted by Gasteiger charge is 2.28. The van der Waals surface area contributed by atoms with Gasteiger partial charge in [-0.25, -0.2) is 4.79 Å². The molecule has 1 saturated heterocycles. The number of hydrogen-bond donors (Lipinski definition) is 3. The molecule has 2 aromatic rings. The van der Waals surface area contributed by atoms with Crippen molar-refractivity contribution >= 4 is 22.8 Å². The summed E-state index contributed by atoms with van der Waals surface area (Å²) < 4.78 is 5.17. The normalized spacial score (nSPS) is 19.2. The van der Waals surface area contributed by atoms with E-state index in [1.165, 1.54) is 0 Å². The number of amides is 1. The molecule has 1 aliphatic rings. The van der Waals surface area contributed by atoms with E-state index in [0.29, 0.717) is 19.6 Å². The molecule has 0 radical (unpaired) electrons. The van der Waals surface area contributed by atoms with Gasteiger partial charge in [0.1, 0.15) is 6.04 Å². The Hall–Kier alpha value is -2.34. The van der Waals surface area contributed by atoms with Crippen LogP contribution in [-0.4, -0.2) is 41.2 Å². The highest BCUT2D eigenvalue weighted by molar-refractivity contribution is 5.87. The van der Waals surface area contributed by atoms with Crippen LogP contribution < -0.4 is 5.32 Å². The number of rotatable bonds is 5. The van der Waals surface area contributed by atoms with Crippen molar-refractivity contribution in [3.63, 3.8) is 0 Å². The molecule has 116 valence electrons. The lowest BCUT2D eigenvalue weighted by molar-refractivity contribution is -0.142. The topological polar surface area (TPSA) is 91.4 Å². The first-order valence-electron chi connectivity index (χ1n) is 7.31. The lowest BCUT2D eigenvalue weighted by Crippen LogP contribution is -2.45. The summed E-state index contributed by atoms with van der Waals surface area (Å²) >= 11 is 0. The zero-order valence-corrected chi connectivity index (χ0v) is 12.0. The highest BCUT2D eigenvalue weighted by atomic mass is 16.5. The Labute approximate surface area is 127 Å². The standard InChI is InChI=1S/C16H18N2O4/c19-15(10-5-6-22-9-10)18-14(16(20)21)7-11-8-17-13-4-2-1-3-12(11)13/h1-4,8,10,14,17H,5-7,9H2,(H,18,19)(H,20,21)/t10-,14-/m0/s1. The number of H-pyrrole nitrogens is 1. The number of carboxylic acids is 1. The smallest absolute Gasteiger partial charge is 0.326 e. The zero-order valence-electron chi connectivity index (χ0n) is 12.0. The van der Waals surface area contributed by atoms with Gasteiger partial charge < -0.3 is 20.1 Å². The number of para-hydroxylation sites is 1. The summed E-state index contributed by atoms with van der Waals surface area (Å²) in [6.07, 6.45) is 2.69. The fourth-order valence-corrected chi connectivity index (χ4v) is 2.75. The minimum absolute atomic E-state index is 0.246. The van der Waals surface area contributed by atoms with Crippen molar-refractivity contribution < 1.29 is 19.4 Å². The van der Waals surface area contributed by atoms with Gasteiger partial charge in [0.2, 0.25) is 5.91 Å². The maximum atomic E-state index is 12.1. The first-order valence-corrected chi connectivity index (χ1v) is 7.31. The molecule has 1 fully saturated rings. The number of aliphatic carboxylic acids is 1. The number of aromatic amines is 1. The van der Waals surface area contributed by atoms with Crippen molar-refractivity contribution in [2.75, 3.05) is 13.2 Å². The molecule has 0 saturated carbocycles. The van der Waals surface area contributed by atoms with Crippen LogP contribution in [0.5, 0.6) is 0 Å². The molecule has 1 aromatic carbocycles. The predicted octanol–water partition coefficient (Wildman–Crippen LogP) is 1.32. The van der Waals surface area contributed by atoms with Crippen molar-refractivity contribution in [3.8, 4) is 0 Å². The van der Waals surface area contributed by atoms with E-state index < -0.39 is 12.0 Å². The van der Waals surface area contributed by atoms with Crippen LogP contribution in [0.4, 0.5) is 0 Å². The number of ether oxygens (including phenoxy) is 1. The third kappa shape index (κ3) is 2.96. The Morgan fingerprint density at radius 3 is 2.95 bits per heavy atom. The number of carbonyl (C=O) groups excluding carboxylic acids is 1. The molecule has 2 atom stereocenters. The van der Waals surface area contributed by atoms with E-state index in [9.17, 15) is 14.7 Å². The van der Waals surface area contributed by atoms with E-state index in [-0.39, 0.29) is 18.2 Å². The molecule has 0 spiro atoms. The van der Waals surface area contributed by atoms with Crippen LogP contribution in [-0.2, 0) is 20.7 Å². The summed E-state index contributed by atoms with van der Waals surface area (Å²) in [5.74, 6) is -1.52. The summed E-state index contributed by atoms with van der Waals surface area (Å²) in [5.41, 5.74) is 1.84. The fraction of sp³-hybridized carbons (Fsp3) is 0.375. The number of hydrogen-bond acceptors (Lipinski definition) is 3. The van der Waals surface area contributed by atoms with E-state index >= 15 is 0 Å². The van der Waals surface area contributed by atoms with Gasteiger partial charge in [0.05, 0.1) is 12.5 Å². The SMILES string of the molecule is O=C(N[C@@H](Cc1c[nH]c2ccccc12)C(=O)O)[C@H]1CCOC1. The molecular formula is C16H18N2O4. The number of fused-ring (bicyclic) bond motifs is 1. The van der Waals surface area contributed by atoms with Gasteiger partial charge in [-0.15, -0.1) is 0 Å². The summed E-state index contributed by atoms with van der Waals surface area (Å²) in [6, 6.07) is 6.76. The highest BCUT2D eigenvalue weighted by Crippen LogP contribution is 2.19. The molecule has 6 heteroatoms. The van der Waals surface area contributed by atoms with Gasteiger partial charge in [0.25, 0.3) is 0 Å². The average molecular weight is 302 g/mol. The van der Waals surface area contributed by atoms with E-state index in [4.69, 9.17) is 4.74 Å². The molecule has 6 nitrogen and oxygen atoms in total. The van der Waals surface area contributed by atoms with E-state index in [1.807, 2.05) is 24.3 Å². The van der Waals surface area contributed by atoms with E-state index in [0.717, 1.165) is 16.5 Å². The summed E-state index contributed by atoms with van der Waals surface area (Å²) in [7, 11) is 0. The Balaban J connectivity index is 1.74. The molecule has 0 bridgehead atoms. The lowest BCUT2D eigenvalue weighted by Gasteiger charge is -2.16. The number of carboxylic acid groups (broad SMARTS) is 1. The third-order valence-corrected chi connectivity index (χ3v) is 4.01. The molecule has 0 aliphatic carbocycles. The van der Waals surface area contributed by atoms with E-state index in [1.54, 1.807) is 6.20 Å². The summed E-state index contributed by atoms with van der Waals surface area (Å²) in [6.45, 7) is 0.920. The van der Waals surface area contributed by atoms with Crippen LogP contribution in [0.25, 0.3) is 10.9 Å². The van der Waals surface area contributed by atoms with Gasteiger partial charge in [-0.2, -0.15) is 0 Å². The predicted molar refractivity (Wildman–Crippen MR) is 80.5 cm³/mol. The summed E-state index contributed by atoms with van der Waals surface area (Å²) in [5, 5.41) is 13.0. The lowest BCUT2D eigenvalue weighted by atomic mass is 10.0. The van der Waals surface area contributed by atoms with Crippen LogP contribution in [0.3, 0.4) is 0 Å². The zero-order chi connectivity index (χ0) is 15.5. The Morgan fingerprint density at radius 1 is 1.41 bits per heavy atom. The van der Waals surface area contributed by atoms with Crippen molar-refractivity contribution in [2.24, 2.45) is 5.92 Å². The molecule has 3 N–H and O–H groups in total. The average Bonchev–Trinajstić information content (AvgIpc) is 3.16. The minimum Gasteiger partial charge on any atom is -0.480 e. The molecule has 1 aromatic heterocycles. The Kier molecular flexibility index (Phi) is 4.11. The van der Waals surface area contributed by atoms with Crippen LogP contribution in [0, 0.1) is 5.92 Å². The molecule has 1 aliphatic heterocycles. The fourth-order valence-electron chi connectivity index (χ4n) is 2.75. The third-order valence-electron chi connectivity index (χ3n) is 4.01. The first-order chi connectivity index (χ1) is 10.6. The molecule has 1 amide bonds. The van der Waals surface area contributed by atoms with Gasteiger partial charge in [-0.3, -0.25) is 4.79 Å². The number of carbonyl (C=O) groups is 2. The quantitative estimate of drug-likeness (QED) is 0.776. The molecule has 22 heavy (non-hydrogen) atoms. The minimum atomic E-state index is -1.03. The molecule has 0 unspecified atom stereocenters. The molecule has 2 heterocycles. The van der Waals surface area contributed by atoms with Crippen LogP contribution in [0.15, 0.2) is 30.5 Å². The maximum absolute atomic E-state index is 12.1. The molecular weight excluding hydrogens is 284 g/mol. The van der Waals surface area contributed by atoms with Gasteiger partial charge in [-0.05, 0) is 18.1 Å². The van der Waals surface area contributed by atoms with Crippen LogP contribution >= 0.6 is 0 Å². The van der Waals surface area contributed by atoms with Gasteiger partial charge in [0, 0.05) is 30.1 Å². The second-order valence-corrected chi connectivity index (χ2v) is 5.52. The second-order valence-electron chi connectivity index (χ2n) is 5.52.